The van der Waals surface area contributed by atoms with Gasteiger partial charge in [0.05, 0.1) is 10.4 Å². The molecule has 5 heterocycles. The molecular weight excluding hydrogens is 400 g/mol. The van der Waals surface area contributed by atoms with Crippen LogP contribution < -0.4 is 10.9 Å². The van der Waals surface area contributed by atoms with Crippen molar-refractivity contribution in [2.45, 2.75) is 18.9 Å². The number of piperidine rings is 1. The number of likely N-dealkylation sites (tertiary alicyclic amines) is 1. The second-order valence-corrected chi connectivity index (χ2v) is 8.72. The normalized spacial score (nSPS) is 19.8. The Labute approximate surface area is 177 Å². The van der Waals surface area contributed by atoms with Gasteiger partial charge in [-0.15, -0.1) is 11.3 Å². The van der Waals surface area contributed by atoms with E-state index < -0.39 is 0 Å². The molecule has 0 unspecified atom stereocenters. The van der Waals surface area contributed by atoms with Crippen LogP contribution in [0.5, 0.6) is 0 Å². The molecule has 1 saturated heterocycles. The van der Waals surface area contributed by atoms with Gasteiger partial charge in [0.2, 0.25) is 0 Å². The summed E-state index contributed by atoms with van der Waals surface area (Å²) in [6.45, 7) is 1.73. The average molecular weight is 420 g/mol. The van der Waals surface area contributed by atoms with Crippen molar-refractivity contribution in [3.63, 3.8) is 0 Å². The number of fused-ring (bicyclic) bond motifs is 4. The van der Waals surface area contributed by atoms with E-state index in [1.165, 1.54) is 11.3 Å². The van der Waals surface area contributed by atoms with Crippen molar-refractivity contribution < 1.29 is 9.59 Å². The van der Waals surface area contributed by atoms with Gasteiger partial charge in [-0.25, -0.2) is 0 Å². The molecule has 2 aliphatic rings. The fourth-order valence-corrected chi connectivity index (χ4v) is 5.09. The third-order valence-electron chi connectivity index (χ3n) is 5.79. The molecule has 8 heteroatoms. The minimum atomic E-state index is -0.271. The number of nitrogens with one attached hydrogen (secondary N) is 1. The first-order chi connectivity index (χ1) is 14.6. The van der Waals surface area contributed by atoms with Gasteiger partial charge in [0, 0.05) is 43.6 Å². The van der Waals surface area contributed by atoms with Crippen molar-refractivity contribution in [3.05, 3.63) is 80.7 Å². The molecule has 2 bridgehead atoms. The van der Waals surface area contributed by atoms with Crippen LogP contribution in [-0.2, 0) is 6.54 Å². The third-order valence-corrected chi connectivity index (χ3v) is 6.66. The summed E-state index contributed by atoms with van der Waals surface area (Å²) in [5.74, 6) is 0.0195. The summed E-state index contributed by atoms with van der Waals surface area (Å²) in [5, 5.41) is 4.57. The molecule has 0 aromatic carbocycles. The van der Waals surface area contributed by atoms with Crippen molar-refractivity contribution in [3.8, 4) is 0 Å². The number of pyridine rings is 2. The van der Waals surface area contributed by atoms with Crippen LogP contribution in [0, 0.1) is 5.92 Å². The third kappa shape index (κ3) is 3.33. The molecule has 152 valence electrons. The predicted molar refractivity (Wildman–Crippen MR) is 114 cm³/mol. The molecule has 3 aromatic rings. The Bertz CT molecular complexity index is 1160. The zero-order chi connectivity index (χ0) is 20.7. The Kier molecular flexibility index (Phi) is 4.71. The van der Waals surface area contributed by atoms with Crippen molar-refractivity contribution in [1.29, 1.82) is 0 Å². The number of hydrogen-bond acceptors (Lipinski definition) is 5. The molecule has 0 spiro atoms. The van der Waals surface area contributed by atoms with E-state index >= 15 is 0 Å². The van der Waals surface area contributed by atoms with Crippen LogP contribution in [0.2, 0.25) is 0 Å². The average Bonchev–Trinajstić information content (AvgIpc) is 3.31. The van der Waals surface area contributed by atoms with E-state index in [1.54, 1.807) is 47.3 Å². The van der Waals surface area contributed by atoms with E-state index in [9.17, 15) is 14.4 Å². The maximum atomic E-state index is 13.0. The standard InChI is InChI=1S/C22H20N4O3S/c27-20(19-4-2-8-30-19)24-17-5-6-18-16-9-14(12-26(18)22(17)29)11-25(13-16)21(28)15-3-1-7-23-10-15/h1-8,10,14,16H,9,11-13H2,(H,24,27)/t14-,16-/m1/s1. The van der Waals surface area contributed by atoms with Gasteiger partial charge in [-0.2, -0.15) is 0 Å². The van der Waals surface area contributed by atoms with E-state index in [2.05, 4.69) is 10.3 Å². The number of carbonyl (C=O) groups excluding carboxylic acids is 2. The maximum Gasteiger partial charge on any atom is 0.274 e. The SMILES string of the molecule is O=C(Nc1ccc2n(c1=O)C[C@@H]1C[C@@H]2CN(C(=O)c2cccnc2)C1)c1cccs1. The van der Waals surface area contributed by atoms with Gasteiger partial charge < -0.3 is 14.8 Å². The van der Waals surface area contributed by atoms with Gasteiger partial charge in [0.25, 0.3) is 17.4 Å². The number of rotatable bonds is 3. The first kappa shape index (κ1) is 18.7. The smallest absolute Gasteiger partial charge is 0.274 e. The highest BCUT2D eigenvalue weighted by atomic mass is 32.1. The molecule has 2 amide bonds. The summed E-state index contributed by atoms with van der Waals surface area (Å²) in [5.41, 5.74) is 1.62. The summed E-state index contributed by atoms with van der Waals surface area (Å²) < 4.78 is 1.77. The van der Waals surface area contributed by atoms with Gasteiger partial charge in [-0.1, -0.05) is 6.07 Å². The van der Waals surface area contributed by atoms with E-state index in [4.69, 9.17) is 0 Å². The lowest BCUT2D eigenvalue weighted by Crippen LogP contribution is -2.49. The zero-order valence-corrected chi connectivity index (χ0v) is 17.0. The minimum Gasteiger partial charge on any atom is -0.338 e. The van der Waals surface area contributed by atoms with Crippen molar-refractivity contribution in [2.75, 3.05) is 18.4 Å². The Morgan fingerprint density at radius 3 is 2.77 bits per heavy atom. The summed E-state index contributed by atoms with van der Waals surface area (Å²) in [4.78, 5) is 44.7. The van der Waals surface area contributed by atoms with Crippen LogP contribution in [0.1, 0.15) is 38.1 Å². The number of aromatic nitrogens is 2. The quantitative estimate of drug-likeness (QED) is 0.706. The van der Waals surface area contributed by atoms with E-state index in [0.717, 1.165) is 12.1 Å². The zero-order valence-electron chi connectivity index (χ0n) is 16.2. The van der Waals surface area contributed by atoms with Crippen molar-refractivity contribution >= 4 is 28.8 Å². The van der Waals surface area contributed by atoms with Crippen LogP contribution in [0.15, 0.2) is 59.0 Å². The Hall–Kier alpha value is -3.26. The highest BCUT2D eigenvalue weighted by molar-refractivity contribution is 7.12. The fourth-order valence-electron chi connectivity index (χ4n) is 4.47. The summed E-state index contributed by atoms with van der Waals surface area (Å²) in [6, 6.07) is 10.7. The van der Waals surface area contributed by atoms with E-state index in [0.29, 0.717) is 35.8 Å². The molecule has 5 rings (SSSR count). The van der Waals surface area contributed by atoms with Crippen LogP contribution in [-0.4, -0.2) is 39.4 Å². The van der Waals surface area contributed by atoms with Crippen LogP contribution in [0.4, 0.5) is 5.69 Å². The second-order valence-electron chi connectivity index (χ2n) is 7.77. The summed E-state index contributed by atoms with van der Waals surface area (Å²) in [7, 11) is 0. The van der Waals surface area contributed by atoms with Crippen molar-refractivity contribution in [2.24, 2.45) is 5.92 Å². The predicted octanol–water partition coefficient (Wildman–Crippen LogP) is 2.82. The lowest BCUT2D eigenvalue weighted by atomic mass is 9.83. The van der Waals surface area contributed by atoms with Crippen LogP contribution in [0.3, 0.4) is 0 Å². The van der Waals surface area contributed by atoms with Gasteiger partial charge in [0.1, 0.15) is 5.69 Å². The molecule has 7 nitrogen and oxygen atoms in total. The number of carbonyl (C=O) groups is 2. The Balaban J connectivity index is 1.39. The van der Waals surface area contributed by atoms with Crippen LogP contribution in [0.25, 0.3) is 0 Å². The Morgan fingerprint density at radius 2 is 2.00 bits per heavy atom. The van der Waals surface area contributed by atoms with Gasteiger partial charge in [-0.3, -0.25) is 19.4 Å². The van der Waals surface area contributed by atoms with Crippen LogP contribution >= 0.6 is 11.3 Å². The lowest BCUT2D eigenvalue weighted by molar-refractivity contribution is 0.0594. The second kappa shape index (κ2) is 7.53. The first-order valence-corrected chi connectivity index (χ1v) is 10.8. The van der Waals surface area contributed by atoms with E-state index in [1.807, 2.05) is 16.3 Å². The van der Waals surface area contributed by atoms with Gasteiger partial charge in [-0.05, 0) is 48.1 Å². The number of thiophene rings is 1. The molecule has 30 heavy (non-hydrogen) atoms. The molecule has 0 aliphatic carbocycles. The Morgan fingerprint density at radius 1 is 1.10 bits per heavy atom. The molecule has 2 aliphatic heterocycles. The van der Waals surface area contributed by atoms with Gasteiger partial charge >= 0.3 is 0 Å². The summed E-state index contributed by atoms with van der Waals surface area (Å²) in [6.07, 6.45) is 4.20. The lowest BCUT2D eigenvalue weighted by Gasteiger charge is -2.42. The largest absolute Gasteiger partial charge is 0.338 e. The first-order valence-electron chi connectivity index (χ1n) is 9.88. The summed E-state index contributed by atoms with van der Waals surface area (Å²) >= 11 is 1.34. The molecule has 1 fully saturated rings. The van der Waals surface area contributed by atoms with Gasteiger partial charge in [0.15, 0.2) is 0 Å². The maximum absolute atomic E-state index is 13.0. The molecule has 3 aromatic heterocycles. The van der Waals surface area contributed by atoms with E-state index in [-0.39, 0.29) is 29.2 Å². The highest BCUT2D eigenvalue weighted by Crippen LogP contribution is 2.36. The topological polar surface area (TPSA) is 84.3 Å². The molecule has 1 N–H and O–H groups in total. The molecule has 2 atom stereocenters. The number of hydrogen-bond donors (Lipinski definition) is 1. The molecular formula is C22H20N4O3S. The number of amides is 2. The highest BCUT2D eigenvalue weighted by Gasteiger charge is 2.37. The number of nitrogens with zero attached hydrogens (tertiary/aromatic N) is 3. The number of anilines is 1. The fraction of sp³-hybridized carbons (Fsp3) is 0.273. The molecule has 0 radical (unpaired) electrons. The minimum absolute atomic E-state index is 0.0200. The van der Waals surface area contributed by atoms with Crippen molar-refractivity contribution in [1.82, 2.24) is 14.5 Å². The molecule has 0 saturated carbocycles. The monoisotopic (exact) mass is 420 g/mol.